The highest BCUT2D eigenvalue weighted by Gasteiger charge is 2.25. The van der Waals surface area contributed by atoms with Crippen LogP contribution in [0.25, 0.3) is 0 Å². The van der Waals surface area contributed by atoms with Crippen molar-refractivity contribution in [3.05, 3.63) is 23.8 Å². The number of likely N-dealkylation sites (tertiary alicyclic amines) is 1. The minimum atomic E-state index is -0.518. The zero-order valence-corrected chi connectivity index (χ0v) is 16.0. The van der Waals surface area contributed by atoms with E-state index in [4.69, 9.17) is 9.47 Å². The van der Waals surface area contributed by atoms with Crippen LogP contribution < -0.4 is 14.8 Å². The van der Waals surface area contributed by atoms with E-state index in [2.05, 4.69) is 12.2 Å². The lowest BCUT2D eigenvalue weighted by Gasteiger charge is -2.29. The molecule has 26 heavy (non-hydrogen) atoms. The normalized spacial score (nSPS) is 14.8. The van der Waals surface area contributed by atoms with E-state index in [-0.39, 0.29) is 0 Å². The zero-order valence-electron chi connectivity index (χ0n) is 16.0. The summed E-state index contributed by atoms with van der Waals surface area (Å²) in [6.07, 6.45) is 2.55. The maximum Gasteiger partial charge on any atom is 0.311 e. The van der Waals surface area contributed by atoms with Crippen LogP contribution in [0.15, 0.2) is 18.2 Å². The summed E-state index contributed by atoms with van der Waals surface area (Å²) in [5.74, 6) is 1.11. The van der Waals surface area contributed by atoms with Crippen molar-refractivity contribution in [1.29, 1.82) is 0 Å². The Bertz CT molecular complexity index is 610. The second kappa shape index (κ2) is 10.0. The van der Waals surface area contributed by atoms with Crippen molar-refractivity contribution in [3.8, 4) is 11.5 Å². The summed E-state index contributed by atoms with van der Waals surface area (Å²) in [6.45, 7) is 8.92. The molecule has 0 spiro atoms. The van der Waals surface area contributed by atoms with Gasteiger partial charge < -0.3 is 19.7 Å². The summed E-state index contributed by atoms with van der Waals surface area (Å²) >= 11 is 0. The second-order valence-corrected chi connectivity index (χ2v) is 6.63. The molecule has 1 heterocycles. The number of nitrogens with one attached hydrogen (secondary N) is 1. The molecule has 6 heteroatoms. The maximum absolute atomic E-state index is 12.2. The predicted octanol–water partition coefficient (Wildman–Crippen LogP) is 2.40. The fourth-order valence-electron chi connectivity index (χ4n) is 3.00. The molecule has 0 radical (unpaired) electrons. The average molecular weight is 362 g/mol. The van der Waals surface area contributed by atoms with Crippen molar-refractivity contribution in [2.75, 3.05) is 32.8 Å². The summed E-state index contributed by atoms with van der Waals surface area (Å²) in [6, 6.07) is 5.76. The topological polar surface area (TPSA) is 67.9 Å². The molecule has 0 bridgehead atoms. The Balaban J connectivity index is 1.83. The molecule has 1 saturated heterocycles. The summed E-state index contributed by atoms with van der Waals surface area (Å²) in [7, 11) is 0. The summed E-state index contributed by atoms with van der Waals surface area (Å²) in [4.78, 5) is 25.9. The molecule has 6 nitrogen and oxygen atoms in total. The molecule has 1 aliphatic rings. The van der Waals surface area contributed by atoms with Gasteiger partial charge in [0.15, 0.2) is 11.5 Å². The third-order valence-electron chi connectivity index (χ3n) is 4.57. The van der Waals surface area contributed by atoms with Gasteiger partial charge >= 0.3 is 11.8 Å². The molecular formula is C20H30N2O4. The van der Waals surface area contributed by atoms with Gasteiger partial charge in [0.2, 0.25) is 0 Å². The van der Waals surface area contributed by atoms with E-state index in [1.54, 1.807) is 4.90 Å². The second-order valence-electron chi connectivity index (χ2n) is 6.63. The van der Waals surface area contributed by atoms with Crippen LogP contribution in [0, 0.1) is 5.92 Å². The standard InChI is InChI=1S/C20H30N2O4/c1-4-25-17-7-6-16(14-18(17)26-5-2)8-11-21-19(23)20(24)22-12-9-15(3)10-13-22/h6-7,14-15H,4-5,8-13H2,1-3H3,(H,21,23). The third kappa shape index (κ3) is 5.64. The van der Waals surface area contributed by atoms with Crippen molar-refractivity contribution in [3.63, 3.8) is 0 Å². The molecule has 1 aliphatic heterocycles. The van der Waals surface area contributed by atoms with Gasteiger partial charge in [-0.05, 0) is 56.7 Å². The van der Waals surface area contributed by atoms with Crippen LogP contribution in [0.1, 0.15) is 39.2 Å². The fraction of sp³-hybridized carbons (Fsp3) is 0.600. The monoisotopic (exact) mass is 362 g/mol. The SMILES string of the molecule is CCOc1ccc(CCNC(=O)C(=O)N2CCC(C)CC2)cc1OCC. The van der Waals surface area contributed by atoms with Crippen molar-refractivity contribution < 1.29 is 19.1 Å². The number of ether oxygens (including phenoxy) is 2. The number of piperidine rings is 1. The molecule has 0 aliphatic carbocycles. The number of amides is 2. The van der Waals surface area contributed by atoms with E-state index in [1.165, 1.54) is 0 Å². The highest BCUT2D eigenvalue weighted by atomic mass is 16.5. The van der Waals surface area contributed by atoms with Crippen LogP contribution in [0.4, 0.5) is 0 Å². The molecule has 1 aromatic rings. The van der Waals surface area contributed by atoms with Gasteiger partial charge in [-0.15, -0.1) is 0 Å². The molecule has 0 aromatic heterocycles. The van der Waals surface area contributed by atoms with Crippen LogP contribution in [-0.4, -0.2) is 49.6 Å². The number of nitrogens with zero attached hydrogens (tertiary/aromatic N) is 1. The van der Waals surface area contributed by atoms with Gasteiger partial charge in [-0.2, -0.15) is 0 Å². The first kappa shape index (κ1) is 20.1. The summed E-state index contributed by atoms with van der Waals surface area (Å²) < 4.78 is 11.2. The quantitative estimate of drug-likeness (QED) is 0.757. The Hall–Kier alpha value is -2.24. The van der Waals surface area contributed by atoms with Crippen molar-refractivity contribution in [2.24, 2.45) is 5.92 Å². The summed E-state index contributed by atoms with van der Waals surface area (Å²) in [5, 5.41) is 2.73. The van der Waals surface area contributed by atoms with Gasteiger partial charge in [0.05, 0.1) is 13.2 Å². The first-order chi connectivity index (χ1) is 12.5. The van der Waals surface area contributed by atoms with Crippen molar-refractivity contribution >= 4 is 11.8 Å². The molecule has 0 saturated carbocycles. The van der Waals surface area contributed by atoms with Gasteiger partial charge in [0.1, 0.15) is 0 Å². The minimum Gasteiger partial charge on any atom is -0.490 e. The van der Waals surface area contributed by atoms with Crippen molar-refractivity contribution in [1.82, 2.24) is 10.2 Å². The van der Waals surface area contributed by atoms with Gasteiger partial charge in [-0.1, -0.05) is 13.0 Å². The molecule has 0 atom stereocenters. The van der Waals surface area contributed by atoms with E-state index in [1.807, 2.05) is 32.0 Å². The Morgan fingerprint density at radius 3 is 2.42 bits per heavy atom. The number of hydrogen-bond donors (Lipinski definition) is 1. The average Bonchev–Trinajstić information content (AvgIpc) is 2.64. The van der Waals surface area contributed by atoms with E-state index in [9.17, 15) is 9.59 Å². The highest BCUT2D eigenvalue weighted by Crippen LogP contribution is 2.28. The number of benzene rings is 1. The van der Waals surface area contributed by atoms with Crippen LogP contribution in [-0.2, 0) is 16.0 Å². The van der Waals surface area contributed by atoms with E-state index in [0.29, 0.717) is 50.9 Å². The summed E-state index contributed by atoms with van der Waals surface area (Å²) in [5.41, 5.74) is 1.02. The Kier molecular flexibility index (Phi) is 7.75. The van der Waals surface area contributed by atoms with E-state index in [0.717, 1.165) is 24.2 Å². The van der Waals surface area contributed by atoms with Gasteiger partial charge in [-0.25, -0.2) is 0 Å². The van der Waals surface area contributed by atoms with Gasteiger partial charge in [-0.3, -0.25) is 9.59 Å². The van der Waals surface area contributed by atoms with Gasteiger partial charge in [0.25, 0.3) is 0 Å². The minimum absolute atomic E-state index is 0.411. The number of carbonyl (C=O) groups excluding carboxylic acids is 2. The first-order valence-electron chi connectivity index (χ1n) is 9.50. The lowest BCUT2D eigenvalue weighted by Crippen LogP contribution is -2.46. The molecule has 2 rings (SSSR count). The van der Waals surface area contributed by atoms with Gasteiger partial charge in [0, 0.05) is 19.6 Å². The molecule has 1 aromatic carbocycles. The third-order valence-corrected chi connectivity index (χ3v) is 4.57. The number of rotatable bonds is 7. The molecule has 2 amide bonds. The maximum atomic E-state index is 12.2. The molecule has 1 N–H and O–H groups in total. The number of carbonyl (C=O) groups is 2. The largest absolute Gasteiger partial charge is 0.490 e. The lowest BCUT2D eigenvalue weighted by atomic mass is 9.99. The van der Waals surface area contributed by atoms with Crippen LogP contribution >= 0.6 is 0 Å². The van der Waals surface area contributed by atoms with Crippen LogP contribution in [0.2, 0.25) is 0 Å². The molecule has 0 unspecified atom stereocenters. The smallest absolute Gasteiger partial charge is 0.311 e. The molecular weight excluding hydrogens is 332 g/mol. The predicted molar refractivity (Wildman–Crippen MR) is 100 cm³/mol. The Morgan fingerprint density at radius 1 is 1.12 bits per heavy atom. The molecule has 144 valence electrons. The number of hydrogen-bond acceptors (Lipinski definition) is 4. The van der Waals surface area contributed by atoms with E-state index < -0.39 is 11.8 Å². The Morgan fingerprint density at radius 2 is 1.77 bits per heavy atom. The lowest BCUT2D eigenvalue weighted by molar-refractivity contribution is -0.146. The Labute approximate surface area is 155 Å². The van der Waals surface area contributed by atoms with Crippen LogP contribution in [0.3, 0.4) is 0 Å². The molecule has 1 fully saturated rings. The first-order valence-corrected chi connectivity index (χ1v) is 9.50. The van der Waals surface area contributed by atoms with Crippen LogP contribution in [0.5, 0.6) is 11.5 Å². The van der Waals surface area contributed by atoms with E-state index >= 15 is 0 Å². The van der Waals surface area contributed by atoms with Crippen molar-refractivity contribution in [2.45, 2.75) is 40.0 Å². The fourth-order valence-corrected chi connectivity index (χ4v) is 3.00. The highest BCUT2D eigenvalue weighted by molar-refractivity contribution is 6.35. The zero-order chi connectivity index (χ0) is 18.9.